The van der Waals surface area contributed by atoms with Gasteiger partial charge < -0.3 is 0 Å². The SMILES string of the molecule is CC1(C)c2ccccc2C2(c3ccc(C4=Cc5cc6ccccc6cc5CC4)cc3-c3c(-c4cc(-c5ccccc5)cc(-c5ccccc5)n4)cccc32)c2ccccc21. The van der Waals surface area contributed by atoms with E-state index in [2.05, 4.69) is 214 Å². The van der Waals surface area contributed by atoms with Crippen molar-refractivity contribution in [2.24, 2.45) is 0 Å². The number of fused-ring (bicyclic) bond motifs is 11. The molecule has 1 aromatic heterocycles. The molecule has 60 heavy (non-hydrogen) atoms. The molecule has 1 heteroatoms. The Morgan fingerprint density at radius 2 is 1.00 bits per heavy atom. The molecule has 8 aromatic carbocycles. The van der Waals surface area contributed by atoms with Crippen molar-refractivity contribution in [3.8, 4) is 44.8 Å². The fourth-order valence-corrected chi connectivity index (χ4v) is 11.0. The maximum Gasteiger partial charge on any atom is 0.0722 e. The maximum absolute atomic E-state index is 5.55. The first-order valence-corrected chi connectivity index (χ1v) is 21.3. The number of allylic oxidation sites excluding steroid dienone is 1. The first-order chi connectivity index (χ1) is 29.5. The van der Waals surface area contributed by atoms with Crippen molar-refractivity contribution >= 4 is 22.4 Å². The van der Waals surface area contributed by atoms with Crippen molar-refractivity contribution in [2.45, 2.75) is 37.5 Å². The normalized spacial score (nSPS) is 15.1. The Hall–Kier alpha value is -7.09. The molecule has 3 aliphatic carbocycles. The van der Waals surface area contributed by atoms with Gasteiger partial charge in [-0.15, -0.1) is 0 Å². The van der Waals surface area contributed by atoms with E-state index in [0.717, 1.165) is 40.9 Å². The van der Waals surface area contributed by atoms with Crippen LogP contribution in [0.5, 0.6) is 0 Å². The molecular formula is C59H43N. The Bertz CT molecular complexity index is 3110. The van der Waals surface area contributed by atoms with E-state index in [1.165, 1.54) is 83.1 Å². The maximum atomic E-state index is 5.55. The summed E-state index contributed by atoms with van der Waals surface area (Å²) < 4.78 is 0. The third-order valence-corrected chi connectivity index (χ3v) is 13.8. The minimum Gasteiger partial charge on any atom is -0.248 e. The van der Waals surface area contributed by atoms with Gasteiger partial charge in [-0.1, -0.05) is 190 Å². The van der Waals surface area contributed by atoms with Crippen molar-refractivity contribution < 1.29 is 0 Å². The van der Waals surface area contributed by atoms with Gasteiger partial charge in [-0.25, -0.2) is 4.98 Å². The fourth-order valence-electron chi connectivity index (χ4n) is 11.0. The Morgan fingerprint density at radius 1 is 0.400 bits per heavy atom. The first kappa shape index (κ1) is 34.9. The standard InChI is InChI=1S/C59H43N/c1-58(2)50-23-11-13-25-52(50)59(53-26-14-12-24-51(53)58)49-31-30-44(42-28-29-43-32-40-20-9-10-21-41(40)33-45(43)34-42)35-48(49)57-47(22-15-27-54(57)59)56-37-46(38-16-5-3-6-17-38)36-55(60-56)39-18-7-4-8-19-39/h3-27,30-37H,28-29H2,1-2H3. The zero-order valence-electron chi connectivity index (χ0n) is 33.9. The molecule has 3 aliphatic rings. The van der Waals surface area contributed by atoms with E-state index in [9.17, 15) is 0 Å². The molecule has 12 rings (SSSR count). The predicted octanol–water partition coefficient (Wildman–Crippen LogP) is 14.7. The summed E-state index contributed by atoms with van der Waals surface area (Å²) in [5, 5.41) is 2.61. The van der Waals surface area contributed by atoms with Crippen LogP contribution >= 0.6 is 0 Å². The second-order valence-corrected chi connectivity index (χ2v) is 17.4. The minimum absolute atomic E-state index is 0.167. The fraction of sp³-hybridized carbons (Fsp3) is 0.102. The summed E-state index contributed by atoms with van der Waals surface area (Å²) in [6.07, 6.45) is 4.49. The highest BCUT2D eigenvalue weighted by molar-refractivity contribution is 5.99. The Balaban J connectivity index is 1.15. The van der Waals surface area contributed by atoms with E-state index >= 15 is 0 Å². The average molecular weight is 766 g/mol. The summed E-state index contributed by atoms with van der Waals surface area (Å²) in [4.78, 5) is 5.55. The summed E-state index contributed by atoms with van der Waals surface area (Å²) in [6.45, 7) is 4.79. The lowest BCUT2D eigenvalue weighted by atomic mass is 9.55. The van der Waals surface area contributed by atoms with Crippen LogP contribution in [0.4, 0.5) is 0 Å². The zero-order chi connectivity index (χ0) is 40.0. The summed E-state index contributed by atoms with van der Waals surface area (Å²) >= 11 is 0. The topological polar surface area (TPSA) is 12.9 Å². The molecule has 1 spiro atoms. The molecule has 0 unspecified atom stereocenters. The molecule has 0 radical (unpaired) electrons. The molecule has 1 heterocycles. The van der Waals surface area contributed by atoms with Gasteiger partial charge >= 0.3 is 0 Å². The minimum atomic E-state index is -0.506. The molecule has 0 fully saturated rings. The van der Waals surface area contributed by atoms with Crippen LogP contribution in [0.1, 0.15) is 70.3 Å². The molecule has 0 aliphatic heterocycles. The van der Waals surface area contributed by atoms with Gasteiger partial charge in [-0.05, 0) is 126 Å². The van der Waals surface area contributed by atoms with Gasteiger partial charge in [0.15, 0.2) is 0 Å². The number of benzene rings is 8. The van der Waals surface area contributed by atoms with Crippen LogP contribution in [-0.4, -0.2) is 4.98 Å². The van der Waals surface area contributed by atoms with E-state index < -0.39 is 5.41 Å². The van der Waals surface area contributed by atoms with Crippen molar-refractivity contribution in [3.05, 3.63) is 244 Å². The van der Waals surface area contributed by atoms with E-state index in [1.807, 2.05) is 0 Å². The van der Waals surface area contributed by atoms with Gasteiger partial charge in [0.1, 0.15) is 0 Å². The second-order valence-electron chi connectivity index (χ2n) is 17.4. The first-order valence-electron chi connectivity index (χ1n) is 21.3. The van der Waals surface area contributed by atoms with Gasteiger partial charge in [0.2, 0.25) is 0 Å². The quantitative estimate of drug-likeness (QED) is 0.174. The molecule has 284 valence electrons. The molecule has 0 bridgehead atoms. The Morgan fingerprint density at radius 3 is 1.72 bits per heavy atom. The number of nitrogens with zero attached hydrogens (tertiary/aromatic N) is 1. The second kappa shape index (κ2) is 13.2. The largest absolute Gasteiger partial charge is 0.248 e. The molecule has 0 N–H and O–H groups in total. The van der Waals surface area contributed by atoms with E-state index in [1.54, 1.807) is 0 Å². The molecule has 1 nitrogen and oxygen atoms in total. The predicted molar refractivity (Wildman–Crippen MR) is 250 cm³/mol. The van der Waals surface area contributed by atoms with Crippen molar-refractivity contribution in [2.75, 3.05) is 0 Å². The monoisotopic (exact) mass is 765 g/mol. The van der Waals surface area contributed by atoms with Gasteiger partial charge in [-0.3, -0.25) is 0 Å². The molecular weight excluding hydrogens is 723 g/mol. The molecule has 0 amide bonds. The summed E-state index contributed by atoms with van der Waals surface area (Å²) in [5.74, 6) is 0. The summed E-state index contributed by atoms with van der Waals surface area (Å²) in [6, 6.07) is 72.3. The van der Waals surface area contributed by atoms with Crippen molar-refractivity contribution in [1.82, 2.24) is 4.98 Å². The van der Waals surface area contributed by atoms with E-state index in [0.29, 0.717) is 0 Å². The molecule has 0 saturated carbocycles. The number of hydrogen-bond acceptors (Lipinski definition) is 1. The van der Waals surface area contributed by atoms with Gasteiger partial charge in [0.25, 0.3) is 0 Å². The average Bonchev–Trinajstić information content (AvgIpc) is 3.61. The molecule has 0 atom stereocenters. The highest BCUT2D eigenvalue weighted by Crippen LogP contribution is 2.63. The zero-order valence-corrected chi connectivity index (χ0v) is 33.9. The van der Waals surface area contributed by atoms with Crippen LogP contribution in [0, 0.1) is 0 Å². The van der Waals surface area contributed by atoms with Crippen LogP contribution < -0.4 is 0 Å². The van der Waals surface area contributed by atoms with Crippen LogP contribution in [-0.2, 0) is 17.3 Å². The highest BCUT2D eigenvalue weighted by atomic mass is 14.7. The number of rotatable bonds is 4. The third kappa shape index (κ3) is 5.09. The third-order valence-electron chi connectivity index (χ3n) is 13.8. The lowest BCUT2D eigenvalue weighted by molar-refractivity contribution is 0.563. The smallest absolute Gasteiger partial charge is 0.0722 e. The summed E-state index contributed by atoms with van der Waals surface area (Å²) in [7, 11) is 0. The lowest BCUT2D eigenvalue weighted by Crippen LogP contribution is -2.40. The van der Waals surface area contributed by atoms with Crippen molar-refractivity contribution in [3.63, 3.8) is 0 Å². The van der Waals surface area contributed by atoms with Crippen molar-refractivity contribution in [1.29, 1.82) is 0 Å². The number of hydrogen-bond donors (Lipinski definition) is 0. The van der Waals surface area contributed by atoms with E-state index in [-0.39, 0.29) is 5.41 Å². The van der Waals surface area contributed by atoms with Crippen LogP contribution in [0.25, 0.3) is 67.2 Å². The van der Waals surface area contributed by atoms with Crippen LogP contribution in [0.3, 0.4) is 0 Å². The highest BCUT2D eigenvalue weighted by Gasteiger charge is 2.53. The van der Waals surface area contributed by atoms with Crippen LogP contribution in [0.15, 0.2) is 194 Å². The summed E-state index contributed by atoms with van der Waals surface area (Å²) in [5.41, 5.74) is 22.1. The Kier molecular flexibility index (Phi) is 7.69. The van der Waals surface area contributed by atoms with E-state index in [4.69, 9.17) is 4.98 Å². The number of pyridine rings is 1. The van der Waals surface area contributed by atoms with Gasteiger partial charge in [0.05, 0.1) is 16.8 Å². The number of aryl methyl sites for hydroxylation is 1. The van der Waals surface area contributed by atoms with Gasteiger partial charge in [0, 0.05) is 16.5 Å². The Labute approximate surface area is 352 Å². The molecule has 0 saturated heterocycles. The lowest BCUT2D eigenvalue weighted by Gasteiger charge is -2.46. The van der Waals surface area contributed by atoms with Gasteiger partial charge in [-0.2, -0.15) is 0 Å². The molecule has 9 aromatic rings. The number of aromatic nitrogens is 1. The van der Waals surface area contributed by atoms with Crippen LogP contribution in [0.2, 0.25) is 0 Å².